The minimum absolute atomic E-state index is 0.160. The maximum atomic E-state index is 5.78. The van der Waals surface area contributed by atoms with E-state index in [-0.39, 0.29) is 6.04 Å². The molecule has 2 N–H and O–H groups in total. The lowest BCUT2D eigenvalue weighted by atomic mass is 10.1. The van der Waals surface area contributed by atoms with Gasteiger partial charge in [-0.15, -0.1) is 6.58 Å². The van der Waals surface area contributed by atoms with Crippen LogP contribution < -0.4 is 16.3 Å². The largest absolute Gasteiger partial charge is 0.322 e. The lowest BCUT2D eigenvalue weighted by Gasteiger charge is -2.07. The maximum absolute atomic E-state index is 5.78. The Morgan fingerprint density at radius 1 is 1.38 bits per heavy atom. The van der Waals surface area contributed by atoms with Crippen LogP contribution in [0.3, 0.4) is 0 Å². The summed E-state index contributed by atoms with van der Waals surface area (Å²) in [4.78, 5) is 4.39. The smallest absolute Gasteiger partial charge is 0.129 e. The molecule has 1 aliphatic heterocycles. The number of nitrogens with zero attached hydrogens (tertiary/aromatic N) is 1. The standard InChI is InChI=1S/C11H11N2/c1-2-9(12)11-7-8-5-3-4-6-10(8)13-11/h2-7,9H,1,12H2. The van der Waals surface area contributed by atoms with E-state index >= 15 is 0 Å². The number of hydrogen-bond donors (Lipinski definition) is 1. The first-order valence-corrected chi connectivity index (χ1v) is 4.22. The van der Waals surface area contributed by atoms with Gasteiger partial charge >= 0.3 is 0 Å². The Labute approximate surface area is 77.1 Å². The molecule has 0 aliphatic carbocycles. The summed E-state index contributed by atoms with van der Waals surface area (Å²) in [6.45, 7) is 3.64. The monoisotopic (exact) mass is 171 g/mol. The van der Waals surface area contributed by atoms with Crippen molar-refractivity contribution in [2.24, 2.45) is 10.7 Å². The van der Waals surface area contributed by atoms with Crippen molar-refractivity contribution >= 4 is 6.08 Å². The van der Waals surface area contributed by atoms with E-state index in [4.69, 9.17) is 5.73 Å². The summed E-state index contributed by atoms with van der Waals surface area (Å²) in [5.41, 5.74) is 5.78. The van der Waals surface area contributed by atoms with Crippen molar-refractivity contribution in [2.75, 3.05) is 0 Å². The van der Waals surface area contributed by atoms with Gasteiger partial charge in [-0.25, -0.2) is 0 Å². The Kier molecular flexibility index (Phi) is 1.99. The summed E-state index contributed by atoms with van der Waals surface area (Å²) in [5, 5.41) is 2.13. The summed E-state index contributed by atoms with van der Waals surface area (Å²) in [5.74, 6) is 0. The first kappa shape index (κ1) is 8.20. The molecule has 0 amide bonds. The van der Waals surface area contributed by atoms with Crippen LogP contribution in [0.25, 0.3) is 6.08 Å². The van der Waals surface area contributed by atoms with Gasteiger partial charge in [0.15, 0.2) is 0 Å². The van der Waals surface area contributed by atoms with Gasteiger partial charge in [-0.05, 0) is 17.4 Å². The van der Waals surface area contributed by atoms with Crippen LogP contribution >= 0.6 is 0 Å². The van der Waals surface area contributed by atoms with Crippen molar-refractivity contribution in [3.63, 3.8) is 0 Å². The van der Waals surface area contributed by atoms with Crippen molar-refractivity contribution in [3.8, 4) is 0 Å². The van der Waals surface area contributed by atoms with Gasteiger partial charge in [-0.1, -0.05) is 24.3 Å². The Balaban J connectivity index is 2.46. The summed E-state index contributed by atoms with van der Waals surface area (Å²) in [6.07, 6.45) is 3.70. The number of nitrogens with two attached hydrogens (primary N) is 1. The number of hydrogen-bond acceptors (Lipinski definition) is 2. The third kappa shape index (κ3) is 1.40. The predicted octanol–water partition coefficient (Wildman–Crippen LogP) is 0.146. The number of benzene rings is 1. The Morgan fingerprint density at radius 3 is 2.85 bits per heavy atom. The Bertz CT molecular complexity index is 399. The van der Waals surface area contributed by atoms with Gasteiger partial charge in [-0.3, -0.25) is 4.99 Å². The highest BCUT2D eigenvalue weighted by Crippen LogP contribution is 2.10. The van der Waals surface area contributed by atoms with E-state index in [1.807, 2.05) is 30.3 Å². The lowest BCUT2D eigenvalue weighted by Crippen LogP contribution is -2.22. The molecule has 1 radical (unpaired) electrons. The minimum atomic E-state index is -0.160. The molecule has 1 aliphatic rings. The van der Waals surface area contributed by atoms with Gasteiger partial charge in [0.25, 0.3) is 0 Å². The highest BCUT2D eigenvalue weighted by atomic mass is 14.9. The second-order valence-electron chi connectivity index (χ2n) is 3.00. The zero-order valence-corrected chi connectivity index (χ0v) is 7.27. The molecule has 0 aromatic heterocycles. The quantitative estimate of drug-likeness (QED) is 0.632. The van der Waals surface area contributed by atoms with E-state index in [1.165, 1.54) is 0 Å². The molecule has 1 unspecified atom stereocenters. The van der Waals surface area contributed by atoms with E-state index in [2.05, 4.69) is 11.6 Å². The van der Waals surface area contributed by atoms with Crippen LogP contribution in [0.4, 0.5) is 0 Å². The first-order valence-electron chi connectivity index (χ1n) is 4.22. The third-order valence-electron chi connectivity index (χ3n) is 2.09. The second-order valence-corrected chi connectivity index (χ2v) is 3.00. The van der Waals surface area contributed by atoms with E-state index in [0.717, 1.165) is 16.6 Å². The summed E-state index contributed by atoms with van der Waals surface area (Å²) in [6, 6.07) is 8.70. The maximum Gasteiger partial charge on any atom is 0.129 e. The van der Waals surface area contributed by atoms with Gasteiger partial charge in [0.2, 0.25) is 0 Å². The van der Waals surface area contributed by atoms with Gasteiger partial charge in [0, 0.05) is 0 Å². The van der Waals surface area contributed by atoms with Gasteiger partial charge < -0.3 is 5.73 Å². The fourth-order valence-corrected chi connectivity index (χ4v) is 1.33. The number of para-hydroxylation sites is 1. The van der Waals surface area contributed by atoms with Crippen LogP contribution in [0.1, 0.15) is 0 Å². The average Bonchev–Trinajstić information content (AvgIpc) is 2.59. The summed E-state index contributed by atoms with van der Waals surface area (Å²) < 4.78 is 0. The Morgan fingerprint density at radius 2 is 2.15 bits per heavy atom. The molecule has 2 nitrogen and oxygen atoms in total. The lowest BCUT2D eigenvalue weighted by molar-refractivity contribution is 0.861. The fourth-order valence-electron chi connectivity index (χ4n) is 1.33. The van der Waals surface area contributed by atoms with Crippen molar-refractivity contribution in [1.82, 2.24) is 0 Å². The molecule has 1 aromatic carbocycles. The van der Waals surface area contributed by atoms with Gasteiger partial charge in [0.1, 0.15) is 6.04 Å². The molecule has 2 rings (SSSR count). The number of fused-ring (bicyclic) bond motifs is 1. The molecule has 0 spiro atoms. The molecule has 0 saturated carbocycles. The normalized spacial score (nSPS) is 17.0. The van der Waals surface area contributed by atoms with Gasteiger partial charge in [0.05, 0.1) is 11.4 Å². The zero-order chi connectivity index (χ0) is 9.26. The minimum Gasteiger partial charge on any atom is -0.322 e. The van der Waals surface area contributed by atoms with Crippen LogP contribution in [0.5, 0.6) is 0 Å². The molecule has 0 bridgehead atoms. The number of rotatable bonds is 2. The van der Waals surface area contributed by atoms with Crippen LogP contribution in [0.15, 0.2) is 41.9 Å². The predicted molar refractivity (Wildman–Crippen MR) is 53.1 cm³/mol. The van der Waals surface area contributed by atoms with Crippen molar-refractivity contribution in [3.05, 3.63) is 53.5 Å². The molecule has 2 heteroatoms. The van der Waals surface area contributed by atoms with Crippen molar-refractivity contribution < 1.29 is 0 Å². The van der Waals surface area contributed by atoms with E-state index in [0.29, 0.717) is 0 Å². The molecule has 65 valence electrons. The second kappa shape index (κ2) is 3.15. The average molecular weight is 171 g/mol. The van der Waals surface area contributed by atoms with E-state index < -0.39 is 0 Å². The molecule has 1 aromatic rings. The Hall–Kier alpha value is -1.41. The molecule has 1 heterocycles. The third-order valence-corrected chi connectivity index (χ3v) is 2.09. The van der Waals surface area contributed by atoms with Crippen molar-refractivity contribution in [1.29, 1.82) is 0 Å². The van der Waals surface area contributed by atoms with Crippen LogP contribution in [0.2, 0.25) is 0 Å². The topological polar surface area (TPSA) is 38.4 Å². The van der Waals surface area contributed by atoms with E-state index in [1.54, 1.807) is 6.08 Å². The molecular formula is C11H11N2. The zero-order valence-electron chi connectivity index (χ0n) is 7.27. The molecule has 0 saturated heterocycles. The molecule has 13 heavy (non-hydrogen) atoms. The van der Waals surface area contributed by atoms with Crippen molar-refractivity contribution in [2.45, 2.75) is 6.04 Å². The van der Waals surface area contributed by atoms with Crippen LogP contribution in [-0.2, 0) is 0 Å². The molecule has 0 fully saturated rings. The molecular weight excluding hydrogens is 160 g/mol. The summed E-state index contributed by atoms with van der Waals surface area (Å²) >= 11 is 0. The van der Waals surface area contributed by atoms with Crippen LogP contribution in [0, 0.1) is 6.04 Å². The van der Waals surface area contributed by atoms with Crippen LogP contribution in [-0.4, -0.2) is 6.04 Å². The molecule has 1 atom stereocenters. The first-order chi connectivity index (χ1) is 6.31. The fraction of sp³-hybridized carbons (Fsp3) is 0.0909. The summed E-state index contributed by atoms with van der Waals surface area (Å²) in [7, 11) is 0. The SMILES string of the molecule is C=CC(N)[C]1C=c2ccccc2=N1. The highest BCUT2D eigenvalue weighted by Gasteiger charge is 2.14. The van der Waals surface area contributed by atoms with E-state index in [9.17, 15) is 0 Å². The van der Waals surface area contributed by atoms with Gasteiger partial charge in [-0.2, -0.15) is 0 Å². The highest BCUT2D eigenvalue weighted by molar-refractivity contribution is 5.47.